The topological polar surface area (TPSA) is 143 Å². The third-order valence-corrected chi connectivity index (χ3v) is 6.42. The number of hydrogen-bond acceptors (Lipinski definition) is 7. The van der Waals surface area contributed by atoms with Crippen molar-refractivity contribution in [3.63, 3.8) is 0 Å². The number of hydrogen-bond donors (Lipinski definition) is 4. The molecule has 8 nitrogen and oxygen atoms in total. The number of aliphatic hydroxyl groups excluding tert-OH is 1. The van der Waals surface area contributed by atoms with E-state index in [4.69, 9.17) is 10.2 Å². The van der Waals surface area contributed by atoms with Gasteiger partial charge < -0.3 is 15.5 Å². The van der Waals surface area contributed by atoms with Crippen LogP contribution in [0, 0.1) is 12.7 Å². The van der Waals surface area contributed by atoms with Gasteiger partial charge in [0.05, 0.1) is 4.90 Å². The molecule has 5 N–H and O–H groups in total. The van der Waals surface area contributed by atoms with Gasteiger partial charge in [0, 0.05) is 17.4 Å². The molecule has 1 aromatic heterocycles. The first-order valence-electron chi connectivity index (χ1n) is 9.41. The number of aliphatic hydroxyl groups is 1. The number of nitrogens with one attached hydrogen (secondary N) is 1. The molecular formula is C22H20FN3O5S2. The molecule has 0 amide bonds. The minimum atomic E-state index is -3.86. The number of aromatic carboxylic acids is 1. The largest absolute Gasteiger partial charge is 0.494 e. The fourth-order valence-electron chi connectivity index (χ4n) is 2.95. The summed E-state index contributed by atoms with van der Waals surface area (Å²) in [6, 6.07) is 10.2. The Morgan fingerprint density at radius 2 is 1.88 bits per heavy atom. The summed E-state index contributed by atoms with van der Waals surface area (Å²) >= 11 is 0.989. The molecule has 1 heterocycles. The van der Waals surface area contributed by atoms with Gasteiger partial charge in [0.15, 0.2) is 16.7 Å². The summed E-state index contributed by atoms with van der Waals surface area (Å²) in [5.74, 6) is -1.92. The molecule has 0 radical (unpaired) electrons. The quantitative estimate of drug-likeness (QED) is 0.276. The van der Waals surface area contributed by atoms with Gasteiger partial charge >= 0.3 is 5.97 Å². The Morgan fingerprint density at radius 1 is 1.21 bits per heavy atom. The van der Waals surface area contributed by atoms with Gasteiger partial charge in [-0.2, -0.15) is 0 Å². The van der Waals surface area contributed by atoms with Crippen molar-refractivity contribution >= 4 is 38.0 Å². The van der Waals surface area contributed by atoms with Crippen LogP contribution < -0.4 is 10.5 Å². The van der Waals surface area contributed by atoms with Crippen molar-refractivity contribution in [2.45, 2.75) is 18.2 Å². The summed E-state index contributed by atoms with van der Waals surface area (Å²) in [6.07, 6.45) is 0.121. The van der Waals surface area contributed by atoms with Gasteiger partial charge in [-0.15, -0.1) is 11.3 Å². The van der Waals surface area contributed by atoms with Crippen LogP contribution in [0.25, 0.3) is 5.57 Å². The lowest BCUT2D eigenvalue weighted by Gasteiger charge is -2.15. The average Bonchev–Trinajstić information content (AvgIpc) is 3.22. The Balaban J connectivity index is 2.00. The van der Waals surface area contributed by atoms with E-state index >= 15 is 0 Å². The molecule has 0 spiro atoms. The van der Waals surface area contributed by atoms with E-state index in [-0.39, 0.29) is 33.8 Å². The lowest BCUT2D eigenvalue weighted by atomic mass is 9.93. The first-order chi connectivity index (χ1) is 15.5. The lowest BCUT2D eigenvalue weighted by Crippen LogP contribution is -2.12. The molecule has 172 valence electrons. The van der Waals surface area contributed by atoms with Crippen LogP contribution in [0.1, 0.15) is 27.2 Å². The van der Waals surface area contributed by atoms with Gasteiger partial charge in [-0.1, -0.05) is 24.8 Å². The second-order valence-corrected chi connectivity index (χ2v) is 9.52. The molecule has 0 aliphatic carbocycles. The number of benzene rings is 2. The number of nitrogens with two attached hydrogens (primary N) is 1. The number of aromatic nitrogens is 1. The van der Waals surface area contributed by atoms with Crippen LogP contribution in [0.15, 0.2) is 70.8 Å². The number of carboxylic acids is 1. The molecule has 33 heavy (non-hydrogen) atoms. The highest BCUT2D eigenvalue weighted by molar-refractivity contribution is 7.89. The lowest BCUT2D eigenvalue weighted by molar-refractivity contribution is 0.0691. The van der Waals surface area contributed by atoms with E-state index in [0.717, 1.165) is 11.3 Å². The van der Waals surface area contributed by atoms with E-state index in [0.29, 0.717) is 27.8 Å². The minimum Gasteiger partial charge on any atom is -0.494 e. The highest BCUT2D eigenvalue weighted by atomic mass is 32.2. The first kappa shape index (κ1) is 24.1. The Labute approximate surface area is 193 Å². The zero-order valence-electron chi connectivity index (χ0n) is 17.4. The number of thiazole rings is 1. The molecule has 0 aliphatic rings. The summed E-state index contributed by atoms with van der Waals surface area (Å²) in [5, 5.41) is 29.2. The minimum absolute atomic E-state index is 0.0592. The molecule has 3 aromatic rings. The van der Waals surface area contributed by atoms with Gasteiger partial charge in [0.2, 0.25) is 10.0 Å². The molecule has 11 heteroatoms. The Kier molecular flexibility index (Phi) is 6.96. The van der Waals surface area contributed by atoms with Crippen LogP contribution in [0.2, 0.25) is 0 Å². The van der Waals surface area contributed by atoms with Crippen LogP contribution >= 0.6 is 11.3 Å². The SMILES string of the molecule is C=C(/C(Cc1ccc(S(N)(=O)=O)cc1)=C(/O)Nc1nc(C(=O)O)cs1)c1ccc(F)c(C)c1. The third-order valence-electron chi connectivity index (χ3n) is 4.74. The molecule has 3 rings (SSSR count). The molecule has 0 saturated carbocycles. The molecule has 0 saturated heterocycles. The predicted octanol–water partition coefficient (Wildman–Crippen LogP) is 4.07. The number of carboxylic acid groups (broad SMARTS) is 1. The fraction of sp³-hybridized carbons (Fsp3) is 0.0909. The highest BCUT2D eigenvalue weighted by Crippen LogP contribution is 2.29. The van der Waals surface area contributed by atoms with Crippen molar-refractivity contribution in [2.75, 3.05) is 5.32 Å². The van der Waals surface area contributed by atoms with Gasteiger partial charge in [0.25, 0.3) is 0 Å². The van der Waals surface area contributed by atoms with E-state index in [1.54, 1.807) is 25.1 Å². The van der Waals surface area contributed by atoms with Crippen LogP contribution in [-0.4, -0.2) is 29.6 Å². The summed E-state index contributed by atoms with van der Waals surface area (Å²) in [4.78, 5) is 14.9. The summed E-state index contributed by atoms with van der Waals surface area (Å²) < 4.78 is 36.8. The molecule has 0 unspecified atom stereocenters. The summed E-state index contributed by atoms with van der Waals surface area (Å²) in [5.41, 5.74) is 2.11. The molecule has 0 fully saturated rings. The number of nitrogens with zero attached hydrogens (tertiary/aromatic N) is 1. The van der Waals surface area contributed by atoms with Gasteiger partial charge in [0.1, 0.15) is 5.82 Å². The number of carbonyl (C=O) groups is 1. The highest BCUT2D eigenvalue weighted by Gasteiger charge is 2.17. The van der Waals surface area contributed by atoms with Gasteiger partial charge in [-0.05, 0) is 53.5 Å². The number of rotatable bonds is 8. The predicted molar refractivity (Wildman–Crippen MR) is 124 cm³/mol. The molecule has 0 aliphatic heterocycles. The monoisotopic (exact) mass is 489 g/mol. The second kappa shape index (κ2) is 9.53. The maximum atomic E-state index is 13.7. The third kappa shape index (κ3) is 5.83. The maximum Gasteiger partial charge on any atom is 0.355 e. The second-order valence-electron chi connectivity index (χ2n) is 7.10. The van der Waals surface area contributed by atoms with E-state index in [1.165, 1.54) is 29.6 Å². The molecular weight excluding hydrogens is 469 g/mol. The summed E-state index contributed by atoms with van der Waals surface area (Å²) in [7, 11) is -3.86. The number of aryl methyl sites for hydroxylation is 1. The van der Waals surface area contributed by atoms with Gasteiger partial charge in [-0.25, -0.2) is 27.7 Å². The number of anilines is 1. The smallest absolute Gasteiger partial charge is 0.355 e. The molecule has 2 aromatic carbocycles. The zero-order chi connectivity index (χ0) is 24.3. The Bertz CT molecular complexity index is 1360. The van der Waals surface area contributed by atoms with Crippen LogP contribution in [0.5, 0.6) is 0 Å². The van der Waals surface area contributed by atoms with Crippen LogP contribution in [-0.2, 0) is 16.4 Å². The Morgan fingerprint density at radius 3 is 2.42 bits per heavy atom. The van der Waals surface area contributed by atoms with E-state index in [1.807, 2.05) is 0 Å². The normalized spacial score (nSPS) is 12.2. The fourth-order valence-corrected chi connectivity index (χ4v) is 4.15. The van der Waals surface area contributed by atoms with Crippen LogP contribution in [0.3, 0.4) is 0 Å². The van der Waals surface area contributed by atoms with Crippen molar-refractivity contribution in [1.82, 2.24) is 4.98 Å². The van der Waals surface area contributed by atoms with E-state index in [9.17, 15) is 22.7 Å². The van der Waals surface area contributed by atoms with Crippen molar-refractivity contribution < 1.29 is 27.8 Å². The van der Waals surface area contributed by atoms with Crippen LogP contribution in [0.4, 0.5) is 9.52 Å². The standard InChI is InChI=1S/C22H20FN3O5S2/c1-12-9-15(5-8-18(12)23)13(2)17(10-14-3-6-16(7-4-14)33(24,30)31)20(27)26-22-25-19(11-32-22)21(28)29/h3-9,11,27H,2,10H2,1H3,(H,25,26)(H,28,29)(H2,24,30,31)/b20-17+. The maximum absolute atomic E-state index is 13.7. The average molecular weight is 490 g/mol. The van der Waals surface area contributed by atoms with Crippen molar-refractivity contribution in [1.29, 1.82) is 0 Å². The van der Waals surface area contributed by atoms with Gasteiger partial charge in [-0.3, -0.25) is 0 Å². The number of halogens is 1. The van der Waals surface area contributed by atoms with Crippen molar-refractivity contribution in [3.8, 4) is 0 Å². The summed E-state index contributed by atoms with van der Waals surface area (Å²) in [6.45, 7) is 5.64. The van der Waals surface area contributed by atoms with Crippen molar-refractivity contribution in [2.24, 2.45) is 5.14 Å². The molecule has 0 bridgehead atoms. The first-order valence-corrected chi connectivity index (χ1v) is 11.8. The number of sulfonamides is 1. The number of primary sulfonamides is 1. The number of allylic oxidation sites excluding steroid dienone is 2. The van der Waals surface area contributed by atoms with E-state index in [2.05, 4.69) is 16.9 Å². The molecule has 0 atom stereocenters. The van der Waals surface area contributed by atoms with Crippen molar-refractivity contribution in [3.05, 3.63) is 94.1 Å². The Hall–Kier alpha value is -3.54. The zero-order valence-corrected chi connectivity index (χ0v) is 19.0. The van der Waals surface area contributed by atoms with E-state index < -0.39 is 16.0 Å².